The number of aliphatic carboxylic acids is 1. The third kappa shape index (κ3) is 5.10. The van der Waals surface area contributed by atoms with Crippen molar-refractivity contribution in [1.29, 1.82) is 0 Å². The second-order valence-corrected chi connectivity index (χ2v) is 5.53. The van der Waals surface area contributed by atoms with Crippen LogP contribution in [0.3, 0.4) is 0 Å². The number of benzene rings is 1. The molecule has 2 rings (SSSR count). The highest BCUT2D eigenvalue weighted by molar-refractivity contribution is 5.81. The van der Waals surface area contributed by atoms with Crippen molar-refractivity contribution in [2.75, 3.05) is 6.61 Å². The van der Waals surface area contributed by atoms with Crippen molar-refractivity contribution >= 4 is 11.9 Å². The van der Waals surface area contributed by atoms with E-state index in [9.17, 15) is 9.59 Å². The molecule has 0 bridgehead atoms. The minimum absolute atomic E-state index is 0.115. The molecule has 5 heteroatoms. The first-order valence-corrected chi connectivity index (χ1v) is 7.27. The highest BCUT2D eigenvalue weighted by atomic mass is 16.5. The van der Waals surface area contributed by atoms with E-state index >= 15 is 0 Å². The molecule has 0 saturated heterocycles. The van der Waals surface area contributed by atoms with Gasteiger partial charge in [0.2, 0.25) is 5.91 Å². The molecule has 5 nitrogen and oxygen atoms in total. The monoisotopic (exact) mass is 291 g/mol. The fourth-order valence-electron chi connectivity index (χ4n) is 2.12. The Morgan fingerprint density at radius 2 is 2.00 bits per heavy atom. The molecule has 1 aliphatic carbocycles. The fourth-order valence-corrected chi connectivity index (χ4v) is 2.12. The molecule has 0 aliphatic heterocycles. The highest BCUT2D eigenvalue weighted by Crippen LogP contribution is 2.37. The van der Waals surface area contributed by atoms with Gasteiger partial charge in [0.1, 0.15) is 5.75 Å². The normalized spacial score (nSPS) is 19.9. The van der Waals surface area contributed by atoms with E-state index in [0.29, 0.717) is 31.2 Å². The number of hydrogen-bond donors (Lipinski definition) is 2. The van der Waals surface area contributed by atoms with Gasteiger partial charge in [-0.05, 0) is 36.5 Å². The number of rotatable bonds is 8. The SMILES string of the molecule is C[C@H]1C[C@@H]1C(=O)NCc1ccc(OCCCC(=O)O)cc1. The number of carboxylic acid groups (broad SMARTS) is 1. The lowest BCUT2D eigenvalue weighted by Crippen LogP contribution is -2.24. The van der Waals surface area contributed by atoms with Crippen LogP contribution in [-0.4, -0.2) is 23.6 Å². The Balaban J connectivity index is 1.69. The summed E-state index contributed by atoms with van der Waals surface area (Å²) in [6.45, 7) is 3.00. The molecule has 0 unspecified atom stereocenters. The van der Waals surface area contributed by atoms with Crippen LogP contribution in [0.2, 0.25) is 0 Å². The lowest BCUT2D eigenvalue weighted by molar-refractivity contribution is -0.137. The van der Waals surface area contributed by atoms with Gasteiger partial charge in [-0.25, -0.2) is 0 Å². The van der Waals surface area contributed by atoms with Gasteiger partial charge in [0.05, 0.1) is 6.61 Å². The molecule has 1 aromatic rings. The fraction of sp³-hybridized carbons (Fsp3) is 0.500. The average Bonchev–Trinajstić information content (AvgIpc) is 3.19. The number of carbonyl (C=O) groups is 2. The molecule has 1 aliphatic rings. The Labute approximate surface area is 124 Å². The lowest BCUT2D eigenvalue weighted by Gasteiger charge is -2.07. The highest BCUT2D eigenvalue weighted by Gasteiger charge is 2.38. The largest absolute Gasteiger partial charge is 0.494 e. The van der Waals surface area contributed by atoms with Crippen LogP contribution in [-0.2, 0) is 16.1 Å². The maximum Gasteiger partial charge on any atom is 0.303 e. The predicted molar refractivity (Wildman–Crippen MR) is 77.9 cm³/mol. The van der Waals surface area contributed by atoms with Gasteiger partial charge in [-0.3, -0.25) is 9.59 Å². The van der Waals surface area contributed by atoms with Gasteiger partial charge in [-0.15, -0.1) is 0 Å². The van der Waals surface area contributed by atoms with Crippen molar-refractivity contribution < 1.29 is 19.4 Å². The maximum absolute atomic E-state index is 11.7. The average molecular weight is 291 g/mol. The molecule has 1 amide bonds. The number of amides is 1. The third-order valence-electron chi connectivity index (χ3n) is 3.64. The first-order valence-electron chi connectivity index (χ1n) is 7.27. The Morgan fingerprint density at radius 1 is 1.33 bits per heavy atom. The predicted octanol–water partition coefficient (Wildman–Crippen LogP) is 2.20. The van der Waals surface area contributed by atoms with Crippen molar-refractivity contribution in [2.45, 2.75) is 32.7 Å². The molecule has 114 valence electrons. The number of ether oxygens (including phenoxy) is 1. The Bertz CT molecular complexity index is 498. The van der Waals surface area contributed by atoms with E-state index in [2.05, 4.69) is 12.2 Å². The first-order chi connectivity index (χ1) is 10.1. The van der Waals surface area contributed by atoms with Crippen LogP contribution >= 0.6 is 0 Å². The molecule has 0 radical (unpaired) electrons. The van der Waals surface area contributed by atoms with Crippen LogP contribution in [0, 0.1) is 11.8 Å². The quantitative estimate of drug-likeness (QED) is 0.720. The lowest BCUT2D eigenvalue weighted by atomic mass is 10.2. The summed E-state index contributed by atoms with van der Waals surface area (Å²) in [5.74, 6) is 0.755. The third-order valence-corrected chi connectivity index (χ3v) is 3.64. The zero-order valence-corrected chi connectivity index (χ0v) is 12.2. The number of carboxylic acids is 1. The van der Waals surface area contributed by atoms with Crippen LogP contribution in [0.25, 0.3) is 0 Å². The molecule has 1 fully saturated rings. The van der Waals surface area contributed by atoms with Crippen molar-refractivity contribution in [2.24, 2.45) is 11.8 Å². The van der Waals surface area contributed by atoms with Crippen molar-refractivity contribution in [3.8, 4) is 5.75 Å². The van der Waals surface area contributed by atoms with E-state index in [1.165, 1.54) is 0 Å². The van der Waals surface area contributed by atoms with Crippen molar-refractivity contribution in [1.82, 2.24) is 5.32 Å². The van der Waals surface area contributed by atoms with Crippen molar-refractivity contribution in [3.63, 3.8) is 0 Å². The Hall–Kier alpha value is -2.04. The summed E-state index contributed by atoms with van der Waals surface area (Å²) in [5, 5.41) is 11.5. The van der Waals surface area contributed by atoms with Gasteiger partial charge in [-0.1, -0.05) is 19.1 Å². The van der Waals surface area contributed by atoms with E-state index < -0.39 is 5.97 Å². The van der Waals surface area contributed by atoms with Gasteiger partial charge in [0, 0.05) is 18.9 Å². The van der Waals surface area contributed by atoms with E-state index in [1.807, 2.05) is 24.3 Å². The molecular weight excluding hydrogens is 270 g/mol. The minimum atomic E-state index is -0.810. The smallest absolute Gasteiger partial charge is 0.303 e. The summed E-state index contributed by atoms with van der Waals surface area (Å²) in [7, 11) is 0. The maximum atomic E-state index is 11.7. The van der Waals surface area contributed by atoms with Gasteiger partial charge in [-0.2, -0.15) is 0 Å². The van der Waals surface area contributed by atoms with Crippen LogP contribution in [0.15, 0.2) is 24.3 Å². The number of hydrogen-bond acceptors (Lipinski definition) is 3. The molecule has 21 heavy (non-hydrogen) atoms. The van der Waals surface area contributed by atoms with Gasteiger partial charge in [0.25, 0.3) is 0 Å². The molecule has 0 heterocycles. The molecule has 0 aromatic heterocycles. The second-order valence-electron chi connectivity index (χ2n) is 5.53. The molecule has 2 N–H and O–H groups in total. The minimum Gasteiger partial charge on any atom is -0.494 e. The second kappa shape index (κ2) is 7.11. The zero-order valence-electron chi connectivity index (χ0n) is 12.2. The van der Waals surface area contributed by atoms with Crippen LogP contribution in [0.1, 0.15) is 31.7 Å². The van der Waals surface area contributed by atoms with Gasteiger partial charge >= 0.3 is 5.97 Å². The summed E-state index contributed by atoms with van der Waals surface area (Å²) in [6.07, 6.45) is 1.60. The molecular formula is C16H21NO4. The standard InChI is InChI=1S/C16H21NO4/c1-11-9-14(11)16(20)17-10-12-4-6-13(7-5-12)21-8-2-3-15(18)19/h4-7,11,14H,2-3,8-10H2,1H3,(H,17,20)(H,18,19)/t11-,14-/m0/s1. The molecule has 2 atom stereocenters. The zero-order chi connectivity index (χ0) is 15.2. The van der Waals surface area contributed by atoms with E-state index in [4.69, 9.17) is 9.84 Å². The summed E-state index contributed by atoms with van der Waals surface area (Å²) in [4.78, 5) is 22.1. The van der Waals surface area contributed by atoms with Gasteiger partial charge in [0.15, 0.2) is 0 Å². The van der Waals surface area contributed by atoms with Crippen LogP contribution in [0.5, 0.6) is 5.75 Å². The molecule has 0 spiro atoms. The molecule has 1 saturated carbocycles. The Kier molecular flexibility index (Phi) is 5.20. The van der Waals surface area contributed by atoms with Gasteiger partial charge < -0.3 is 15.2 Å². The van der Waals surface area contributed by atoms with E-state index in [1.54, 1.807) is 0 Å². The number of carbonyl (C=O) groups excluding carboxylic acids is 1. The van der Waals surface area contributed by atoms with Crippen molar-refractivity contribution in [3.05, 3.63) is 29.8 Å². The van der Waals surface area contributed by atoms with E-state index in [0.717, 1.165) is 12.0 Å². The van der Waals surface area contributed by atoms with E-state index in [-0.39, 0.29) is 18.2 Å². The number of nitrogens with one attached hydrogen (secondary N) is 1. The summed E-state index contributed by atoms with van der Waals surface area (Å²) in [6, 6.07) is 7.48. The van der Waals surface area contributed by atoms with Crippen LogP contribution < -0.4 is 10.1 Å². The Morgan fingerprint density at radius 3 is 2.57 bits per heavy atom. The summed E-state index contributed by atoms with van der Waals surface area (Å²) >= 11 is 0. The van der Waals surface area contributed by atoms with Crippen LogP contribution in [0.4, 0.5) is 0 Å². The molecule has 1 aromatic carbocycles. The summed E-state index contributed by atoms with van der Waals surface area (Å²) in [5.41, 5.74) is 1.02. The topological polar surface area (TPSA) is 75.6 Å². The summed E-state index contributed by atoms with van der Waals surface area (Å²) < 4.78 is 5.45. The first kappa shape index (κ1) is 15.4.